The van der Waals surface area contributed by atoms with Crippen LogP contribution in [0.25, 0.3) is 0 Å². The number of methoxy groups -OCH3 is 1. The summed E-state index contributed by atoms with van der Waals surface area (Å²) in [5, 5.41) is 2.21. The summed E-state index contributed by atoms with van der Waals surface area (Å²) in [4.78, 5) is 30.5. The predicted octanol–water partition coefficient (Wildman–Crippen LogP) is 2.67. The van der Waals surface area contributed by atoms with Gasteiger partial charge in [-0.15, -0.1) is 0 Å². The summed E-state index contributed by atoms with van der Waals surface area (Å²) in [5.74, 6) is -0.681. The number of aromatic nitrogens is 2. The highest BCUT2D eigenvalue weighted by molar-refractivity contribution is 6.32. The number of hydrogen-bond acceptors (Lipinski definition) is 6. The molecule has 1 aromatic carbocycles. The van der Waals surface area contributed by atoms with E-state index in [0.717, 1.165) is 11.8 Å². The van der Waals surface area contributed by atoms with Gasteiger partial charge in [-0.05, 0) is 5.56 Å². The van der Waals surface area contributed by atoms with Crippen LogP contribution in [-0.2, 0) is 16.1 Å². The molecule has 0 bridgehead atoms. The van der Waals surface area contributed by atoms with Gasteiger partial charge in [0.2, 0.25) is 0 Å². The Kier molecular flexibility index (Phi) is 5.26. The minimum atomic E-state index is -0.731. The molecule has 22 heavy (non-hydrogen) atoms. The first-order valence-corrected chi connectivity index (χ1v) is 6.56. The van der Waals surface area contributed by atoms with Crippen molar-refractivity contribution in [1.29, 1.82) is 0 Å². The number of amides is 1. The van der Waals surface area contributed by atoms with Crippen LogP contribution in [0.5, 0.6) is 0 Å². The zero-order chi connectivity index (χ0) is 15.9. The minimum absolute atomic E-state index is 0.00705. The van der Waals surface area contributed by atoms with Gasteiger partial charge in [0.1, 0.15) is 6.61 Å². The van der Waals surface area contributed by atoms with Crippen LogP contribution in [-0.4, -0.2) is 29.1 Å². The van der Waals surface area contributed by atoms with Crippen molar-refractivity contribution in [3.8, 4) is 0 Å². The molecule has 7 nitrogen and oxygen atoms in total. The zero-order valence-corrected chi connectivity index (χ0v) is 12.3. The monoisotopic (exact) mass is 321 g/mol. The minimum Gasteiger partial charge on any atom is -0.464 e. The van der Waals surface area contributed by atoms with E-state index in [1.165, 1.54) is 7.11 Å². The van der Waals surface area contributed by atoms with Gasteiger partial charge in [-0.2, -0.15) is 0 Å². The summed E-state index contributed by atoms with van der Waals surface area (Å²) in [6.07, 6.45) is 0.413. The summed E-state index contributed by atoms with van der Waals surface area (Å²) < 4.78 is 9.51. The molecule has 1 heterocycles. The van der Waals surface area contributed by atoms with Gasteiger partial charge in [-0.3, -0.25) is 5.32 Å². The Morgan fingerprint density at radius 2 is 2.00 bits per heavy atom. The predicted molar refractivity (Wildman–Crippen MR) is 78.6 cm³/mol. The van der Waals surface area contributed by atoms with E-state index in [4.69, 9.17) is 16.3 Å². The number of esters is 1. The Labute approximate surface area is 131 Å². The van der Waals surface area contributed by atoms with Crippen molar-refractivity contribution in [2.24, 2.45) is 0 Å². The quantitative estimate of drug-likeness (QED) is 0.871. The lowest BCUT2D eigenvalue weighted by Gasteiger charge is -2.08. The second kappa shape index (κ2) is 7.37. The van der Waals surface area contributed by atoms with E-state index in [1.807, 2.05) is 30.3 Å². The molecule has 8 heteroatoms. The molecule has 0 saturated heterocycles. The normalized spacial score (nSPS) is 9.91. The molecule has 1 amide bonds. The molecule has 0 atom stereocenters. The van der Waals surface area contributed by atoms with Crippen LogP contribution in [0.3, 0.4) is 0 Å². The molecule has 0 radical (unpaired) electrons. The molecule has 0 saturated carbocycles. The molecule has 0 aliphatic carbocycles. The molecule has 114 valence electrons. The zero-order valence-electron chi connectivity index (χ0n) is 11.6. The van der Waals surface area contributed by atoms with Crippen molar-refractivity contribution >= 4 is 29.5 Å². The van der Waals surface area contributed by atoms with Gasteiger partial charge >= 0.3 is 12.1 Å². The summed E-state index contributed by atoms with van der Waals surface area (Å²) in [6.45, 7) is 0.109. The molecular formula is C14H12ClN3O4. The number of carbonyl (C=O) groups excluding carboxylic acids is 2. The standard InChI is InChI=1S/C14H12ClN3O4/c1-21-13(19)10-7-16-12(11(15)17-10)18-14(20)22-8-9-5-3-2-4-6-9/h2-7H,8H2,1H3,(H,16,18,20). The van der Waals surface area contributed by atoms with Gasteiger partial charge in [0.05, 0.1) is 13.3 Å². The van der Waals surface area contributed by atoms with Gasteiger partial charge in [0, 0.05) is 0 Å². The molecule has 2 aromatic rings. The number of hydrogen-bond donors (Lipinski definition) is 1. The number of ether oxygens (including phenoxy) is 2. The van der Waals surface area contributed by atoms with E-state index in [9.17, 15) is 9.59 Å². The van der Waals surface area contributed by atoms with Crippen molar-refractivity contribution in [3.05, 3.63) is 52.9 Å². The molecule has 1 aromatic heterocycles. The highest BCUT2D eigenvalue weighted by Gasteiger charge is 2.14. The van der Waals surface area contributed by atoms with Crippen molar-refractivity contribution in [3.63, 3.8) is 0 Å². The summed E-state index contributed by atoms with van der Waals surface area (Å²) >= 11 is 5.84. The van der Waals surface area contributed by atoms with Crippen LogP contribution in [0, 0.1) is 0 Å². The molecule has 0 unspecified atom stereocenters. The topological polar surface area (TPSA) is 90.4 Å². The summed E-state index contributed by atoms with van der Waals surface area (Å²) in [7, 11) is 1.21. The van der Waals surface area contributed by atoms with Crippen LogP contribution in [0.15, 0.2) is 36.5 Å². The van der Waals surface area contributed by atoms with Gasteiger partial charge in [0.25, 0.3) is 0 Å². The first-order chi connectivity index (χ1) is 10.6. The van der Waals surface area contributed by atoms with Crippen LogP contribution < -0.4 is 5.32 Å². The molecule has 0 aliphatic heterocycles. The SMILES string of the molecule is COC(=O)c1cnc(NC(=O)OCc2ccccc2)c(Cl)n1. The summed E-state index contributed by atoms with van der Waals surface area (Å²) in [6, 6.07) is 9.19. The van der Waals surface area contributed by atoms with Crippen LogP contribution in [0.4, 0.5) is 10.6 Å². The fraction of sp³-hybridized carbons (Fsp3) is 0.143. The Morgan fingerprint density at radius 1 is 1.27 bits per heavy atom. The Balaban J connectivity index is 1.95. The van der Waals surface area contributed by atoms with E-state index in [2.05, 4.69) is 20.0 Å². The third-order valence-electron chi connectivity index (χ3n) is 2.56. The number of nitrogens with zero attached hydrogens (tertiary/aromatic N) is 2. The number of benzene rings is 1. The number of rotatable bonds is 4. The molecule has 0 aliphatic rings. The lowest BCUT2D eigenvalue weighted by atomic mass is 10.2. The van der Waals surface area contributed by atoms with E-state index in [-0.39, 0.29) is 23.3 Å². The lowest BCUT2D eigenvalue weighted by Crippen LogP contribution is -2.16. The Bertz CT molecular complexity index is 679. The van der Waals surface area contributed by atoms with Crippen molar-refractivity contribution in [1.82, 2.24) is 9.97 Å². The molecule has 0 fully saturated rings. The number of carbonyl (C=O) groups is 2. The number of nitrogens with one attached hydrogen (secondary N) is 1. The third kappa shape index (κ3) is 4.16. The second-order valence-electron chi connectivity index (χ2n) is 4.07. The van der Waals surface area contributed by atoms with E-state index >= 15 is 0 Å². The fourth-order valence-electron chi connectivity index (χ4n) is 1.51. The van der Waals surface area contributed by atoms with Gasteiger partial charge in [0.15, 0.2) is 16.7 Å². The lowest BCUT2D eigenvalue weighted by molar-refractivity contribution is 0.0593. The van der Waals surface area contributed by atoms with Gasteiger partial charge in [-0.1, -0.05) is 41.9 Å². The van der Waals surface area contributed by atoms with E-state index < -0.39 is 12.1 Å². The molecular weight excluding hydrogens is 310 g/mol. The number of halogens is 1. The van der Waals surface area contributed by atoms with Crippen LogP contribution >= 0.6 is 11.6 Å². The maximum Gasteiger partial charge on any atom is 0.413 e. The third-order valence-corrected chi connectivity index (χ3v) is 2.82. The molecule has 0 spiro atoms. The molecule has 1 N–H and O–H groups in total. The van der Waals surface area contributed by atoms with Crippen molar-refractivity contribution in [2.75, 3.05) is 12.4 Å². The Morgan fingerprint density at radius 3 is 2.64 bits per heavy atom. The Hall–Kier alpha value is -2.67. The van der Waals surface area contributed by atoms with Gasteiger partial charge in [-0.25, -0.2) is 19.6 Å². The van der Waals surface area contributed by atoms with E-state index in [0.29, 0.717) is 0 Å². The first-order valence-electron chi connectivity index (χ1n) is 6.18. The highest BCUT2D eigenvalue weighted by atomic mass is 35.5. The average Bonchev–Trinajstić information content (AvgIpc) is 2.55. The largest absolute Gasteiger partial charge is 0.464 e. The number of anilines is 1. The second-order valence-corrected chi connectivity index (χ2v) is 4.43. The maximum atomic E-state index is 11.7. The van der Waals surface area contributed by atoms with Crippen molar-refractivity contribution in [2.45, 2.75) is 6.61 Å². The molecule has 2 rings (SSSR count). The van der Waals surface area contributed by atoms with Crippen LogP contribution in [0.1, 0.15) is 16.1 Å². The van der Waals surface area contributed by atoms with Crippen molar-refractivity contribution < 1.29 is 19.1 Å². The first kappa shape index (κ1) is 15.7. The fourth-order valence-corrected chi connectivity index (χ4v) is 1.70. The average molecular weight is 322 g/mol. The summed E-state index contributed by atoms with van der Waals surface area (Å²) in [5.41, 5.74) is 0.784. The highest BCUT2D eigenvalue weighted by Crippen LogP contribution is 2.17. The van der Waals surface area contributed by atoms with E-state index in [1.54, 1.807) is 0 Å². The smallest absolute Gasteiger partial charge is 0.413 e. The maximum absolute atomic E-state index is 11.7. The van der Waals surface area contributed by atoms with Crippen LogP contribution in [0.2, 0.25) is 5.15 Å². The van der Waals surface area contributed by atoms with Gasteiger partial charge < -0.3 is 9.47 Å².